The first kappa shape index (κ1) is 18.0. The molecule has 3 amide bonds. The number of halogens is 1. The smallest absolute Gasteiger partial charge is 0.414 e. The minimum atomic E-state index is -0.561. The lowest BCUT2D eigenvalue weighted by atomic mass is 10.2. The minimum absolute atomic E-state index is 0.00885. The maximum absolute atomic E-state index is 14.8. The highest BCUT2D eigenvalue weighted by Gasteiger charge is 2.42. The second-order valence-corrected chi connectivity index (χ2v) is 7.87. The Morgan fingerprint density at radius 2 is 2.03 bits per heavy atom. The first-order chi connectivity index (χ1) is 14.0. The molecule has 154 valence electrons. The van der Waals surface area contributed by atoms with Crippen LogP contribution in [0.2, 0.25) is 0 Å². The molecular formula is C19H21FN4O5. The van der Waals surface area contributed by atoms with Crippen molar-refractivity contribution in [1.82, 2.24) is 10.6 Å². The van der Waals surface area contributed by atoms with Crippen LogP contribution in [0.1, 0.15) is 12.8 Å². The molecule has 1 aromatic carbocycles. The van der Waals surface area contributed by atoms with Gasteiger partial charge in [-0.1, -0.05) is 0 Å². The number of hydrogen-bond donors (Lipinski definition) is 2. The van der Waals surface area contributed by atoms with Gasteiger partial charge in [0.2, 0.25) is 5.91 Å². The van der Waals surface area contributed by atoms with Crippen LogP contribution in [0.4, 0.5) is 25.4 Å². The third-order valence-electron chi connectivity index (χ3n) is 5.74. The fraction of sp³-hybridized carbons (Fsp3) is 0.526. The van der Waals surface area contributed by atoms with Crippen LogP contribution < -0.4 is 20.4 Å². The highest BCUT2D eigenvalue weighted by atomic mass is 19.1. The van der Waals surface area contributed by atoms with Crippen molar-refractivity contribution in [3.8, 4) is 0 Å². The number of anilines is 2. The van der Waals surface area contributed by atoms with Crippen LogP contribution in [0.15, 0.2) is 18.2 Å². The first-order valence-electron chi connectivity index (χ1n) is 9.75. The Kier molecular flexibility index (Phi) is 4.21. The second kappa shape index (κ2) is 6.78. The van der Waals surface area contributed by atoms with Gasteiger partial charge in [-0.2, -0.15) is 0 Å². The van der Waals surface area contributed by atoms with Crippen molar-refractivity contribution in [2.45, 2.75) is 31.1 Å². The summed E-state index contributed by atoms with van der Waals surface area (Å²) in [6.07, 6.45) is 0.0599. The predicted octanol–water partition coefficient (Wildman–Crippen LogP) is 0.974. The van der Waals surface area contributed by atoms with Crippen LogP contribution in [0.5, 0.6) is 0 Å². The average Bonchev–Trinajstić information content (AvgIpc) is 3.25. The molecular weight excluding hydrogens is 383 g/mol. The molecule has 29 heavy (non-hydrogen) atoms. The quantitative estimate of drug-likeness (QED) is 0.759. The molecule has 2 N–H and O–H groups in total. The molecule has 0 radical (unpaired) electrons. The van der Waals surface area contributed by atoms with Gasteiger partial charge in [-0.05, 0) is 31.0 Å². The lowest BCUT2D eigenvalue weighted by Gasteiger charge is -2.21. The summed E-state index contributed by atoms with van der Waals surface area (Å²) in [5.74, 6) is -0.383. The Morgan fingerprint density at radius 3 is 2.76 bits per heavy atom. The minimum Gasteiger partial charge on any atom is -0.442 e. The van der Waals surface area contributed by atoms with Crippen LogP contribution in [0.25, 0.3) is 0 Å². The molecule has 5 rings (SSSR count). The molecule has 1 aliphatic carbocycles. The van der Waals surface area contributed by atoms with E-state index in [0.717, 1.165) is 12.8 Å². The van der Waals surface area contributed by atoms with Crippen LogP contribution in [-0.2, 0) is 14.3 Å². The Hall–Kier alpha value is -3.04. The fourth-order valence-electron chi connectivity index (χ4n) is 4.01. The summed E-state index contributed by atoms with van der Waals surface area (Å²) >= 11 is 0. The Morgan fingerprint density at radius 1 is 1.21 bits per heavy atom. The van der Waals surface area contributed by atoms with E-state index in [0.29, 0.717) is 24.5 Å². The van der Waals surface area contributed by atoms with E-state index in [4.69, 9.17) is 9.47 Å². The number of benzene rings is 1. The fourth-order valence-corrected chi connectivity index (χ4v) is 4.01. The number of cyclic esters (lactones) is 1. The highest BCUT2D eigenvalue weighted by molar-refractivity contribution is 5.90. The lowest BCUT2D eigenvalue weighted by Crippen LogP contribution is -2.35. The van der Waals surface area contributed by atoms with Gasteiger partial charge in [-0.15, -0.1) is 0 Å². The number of fused-ring (bicyclic) bond motifs is 1. The molecule has 10 heteroatoms. The number of amides is 3. The monoisotopic (exact) mass is 404 g/mol. The van der Waals surface area contributed by atoms with Gasteiger partial charge in [0.25, 0.3) is 0 Å². The largest absolute Gasteiger partial charge is 0.442 e. The first-order valence-corrected chi connectivity index (χ1v) is 9.75. The third-order valence-corrected chi connectivity index (χ3v) is 5.74. The van der Waals surface area contributed by atoms with Gasteiger partial charge in [0.15, 0.2) is 0 Å². The van der Waals surface area contributed by atoms with Crippen molar-refractivity contribution in [3.05, 3.63) is 24.0 Å². The number of carbonyl (C=O) groups is 3. The molecule has 1 aromatic rings. The topological polar surface area (TPSA) is 100 Å². The van der Waals surface area contributed by atoms with Crippen LogP contribution in [0, 0.1) is 11.7 Å². The van der Waals surface area contributed by atoms with E-state index in [1.807, 2.05) is 4.90 Å². The molecule has 0 spiro atoms. The Bertz CT molecular complexity index is 860. The van der Waals surface area contributed by atoms with Gasteiger partial charge in [-0.3, -0.25) is 9.69 Å². The Labute approximate surface area is 166 Å². The van der Waals surface area contributed by atoms with Gasteiger partial charge in [0.05, 0.1) is 37.1 Å². The van der Waals surface area contributed by atoms with Crippen molar-refractivity contribution in [2.75, 3.05) is 36.0 Å². The zero-order valence-corrected chi connectivity index (χ0v) is 15.6. The SMILES string of the molecule is O=C1N[C@@H]2CN(c3ccc(N4C[C@H](CNC(=O)C5CC5)OC4=O)cc3F)C[C@@H]2O1. The molecule has 0 aromatic heterocycles. The maximum Gasteiger partial charge on any atom is 0.414 e. The molecule has 3 atom stereocenters. The second-order valence-electron chi connectivity index (χ2n) is 7.87. The van der Waals surface area contributed by atoms with E-state index in [-0.39, 0.29) is 37.1 Å². The molecule has 4 fully saturated rings. The van der Waals surface area contributed by atoms with Crippen molar-refractivity contribution in [3.63, 3.8) is 0 Å². The van der Waals surface area contributed by atoms with Gasteiger partial charge in [0.1, 0.15) is 18.0 Å². The summed E-state index contributed by atoms with van der Waals surface area (Å²) in [6, 6.07) is 4.43. The number of nitrogens with zero attached hydrogens (tertiary/aromatic N) is 2. The summed E-state index contributed by atoms with van der Waals surface area (Å²) in [7, 11) is 0. The summed E-state index contributed by atoms with van der Waals surface area (Å²) in [6.45, 7) is 1.37. The van der Waals surface area contributed by atoms with Crippen molar-refractivity contribution >= 4 is 29.5 Å². The lowest BCUT2D eigenvalue weighted by molar-refractivity contribution is -0.122. The zero-order chi connectivity index (χ0) is 20.1. The van der Waals surface area contributed by atoms with Crippen molar-refractivity contribution in [1.29, 1.82) is 0 Å². The van der Waals surface area contributed by atoms with Crippen LogP contribution in [-0.4, -0.2) is 62.5 Å². The molecule has 1 saturated carbocycles. The van der Waals surface area contributed by atoms with Crippen LogP contribution >= 0.6 is 0 Å². The molecule has 3 aliphatic heterocycles. The number of carbonyl (C=O) groups excluding carboxylic acids is 3. The van der Waals surface area contributed by atoms with Crippen LogP contribution in [0.3, 0.4) is 0 Å². The Balaban J connectivity index is 1.22. The van der Waals surface area contributed by atoms with E-state index < -0.39 is 24.1 Å². The van der Waals surface area contributed by atoms with Crippen molar-refractivity contribution in [2.24, 2.45) is 5.92 Å². The third kappa shape index (κ3) is 3.43. The normalized spacial score (nSPS) is 28.1. The number of rotatable bonds is 5. The van der Waals surface area contributed by atoms with Gasteiger partial charge < -0.3 is 25.0 Å². The zero-order valence-electron chi connectivity index (χ0n) is 15.6. The van der Waals surface area contributed by atoms with E-state index in [2.05, 4.69) is 10.6 Å². The molecule has 9 nitrogen and oxygen atoms in total. The number of nitrogens with one attached hydrogen (secondary N) is 2. The predicted molar refractivity (Wildman–Crippen MR) is 99.2 cm³/mol. The molecule has 0 unspecified atom stereocenters. The number of alkyl carbamates (subject to hydrolysis) is 1. The highest BCUT2D eigenvalue weighted by Crippen LogP contribution is 2.32. The van der Waals surface area contributed by atoms with Gasteiger partial charge in [0, 0.05) is 12.5 Å². The number of hydrogen-bond acceptors (Lipinski definition) is 6. The molecule has 3 saturated heterocycles. The van der Waals surface area contributed by atoms with E-state index in [1.165, 1.54) is 11.0 Å². The number of ether oxygens (including phenoxy) is 2. The van der Waals surface area contributed by atoms with Crippen molar-refractivity contribution < 1.29 is 28.2 Å². The van der Waals surface area contributed by atoms with Gasteiger partial charge >= 0.3 is 12.2 Å². The van der Waals surface area contributed by atoms with Gasteiger partial charge in [-0.25, -0.2) is 14.0 Å². The molecule has 4 aliphatic rings. The standard InChI is InChI=1S/C19H21FN4O5/c20-13-5-11(3-4-15(13)23-8-14-16(9-23)29-18(26)22-14)24-7-12(28-19(24)27)6-21-17(25)10-1-2-10/h3-5,10,12,14,16H,1-2,6-9H2,(H,21,25)(H,22,26)/t12-,14+,16-/m0/s1. The summed E-state index contributed by atoms with van der Waals surface area (Å²) in [5.41, 5.74) is 0.790. The maximum atomic E-state index is 14.8. The van der Waals surface area contributed by atoms with E-state index in [1.54, 1.807) is 12.1 Å². The molecule has 0 bridgehead atoms. The average molecular weight is 404 g/mol. The summed E-state index contributed by atoms with van der Waals surface area (Å²) in [4.78, 5) is 38.3. The molecule has 3 heterocycles. The summed E-state index contributed by atoms with van der Waals surface area (Å²) < 4.78 is 25.2. The van der Waals surface area contributed by atoms with E-state index in [9.17, 15) is 18.8 Å². The summed E-state index contributed by atoms with van der Waals surface area (Å²) in [5, 5.41) is 5.50. The van der Waals surface area contributed by atoms with E-state index >= 15 is 0 Å².